The van der Waals surface area contributed by atoms with E-state index in [2.05, 4.69) is 18.7 Å². The van der Waals surface area contributed by atoms with E-state index in [1.807, 2.05) is 7.05 Å². The molecule has 0 spiro atoms. The van der Waals surface area contributed by atoms with Crippen LogP contribution in [0.3, 0.4) is 0 Å². The van der Waals surface area contributed by atoms with Crippen LogP contribution in [0, 0.1) is 0 Å². The van der Waals surface area contributed by atoms with E-state index >= 15 is 0 Å². The van der Waals surface area contributed by atoms with Crippen molar-refractivity contribution in [2.75, 3.05) is 26.2 Å². The van der Waals surface area contributed by atoms with E-state index in [-0.39, 0.29) is 0 Å². The second-order valence-electron chi connectivity index (χ2n) is 5.45. The van der Waals surface area contributed by atoms with Gasteiger partial charge in [-0.25, -0.2) is 8.42 Å². The Hall–Kier alpha value is -0.560. The molecule has 1 aromatic heterocycles. The number of hydrogen-bond acceptors (Lipinski definition) is 3. The van der Waals surface area contributed by atoms with Gasteiger partial charge < -0.3 is 4.57 Å². The van der Waals surface area contributed by atoms with Gasteiger partial charge >= 0.3 is 0 Å². The Bertz CT molecular complexity index is 560. The Morgan fingerprint density at radius 1 is 1.25 bits per heavy atom. The summed E-state index contributed by atoms with van der Waals surface area (Å²) in [7, 11) is -1.58. The van der Waals surface area contributed by atoms with Gasteiger partial charge in [0.2, 0.25) is 10.0 Å². The van der Waals surface area contributed by atoms with Gasteiger partial charge in [0.05, 0.1) is 5.88 Å². The van der Waals surface area contributed by atoms with Gasteiger partial charge in [-0.3, -0.25) is 4.90 Å². The Balaban J connectivity index is 2.15. The molecule has 0 aliphatic carbocycles. The third-order valence-electron chi connectivity index (χ3n) is 3.86. The molecule has 1 saturated heterocycles. The van der Waals surface area contributed by atoms with Crippen molar-refractivity contribution in [3.8, 4) is 0 Å². The average molecular weight is 320 g/mol. The predicted octanol–water partition coefficient (Wildman–Crippen LogP) is 1.48. The molecule has 1 aromatic rings. The number of sulfonamides is 1. The Morgan fingerprint density at radius 3 is 2.30 bits per heavy atom. The van der Waals surface area contributed by atoms with E-state index in [0.29, 0.717) is 29.9 Å². The van der Waals surface area contributed by atoms with Crippen molar-refractivity contribution in [1.29, 1.82) is 0 Å². The lowest BCUT2D eigenvalue weighted by Crippen LogP contribution is -2.50. The SMILES string of the molecule is CC(C)N1CCN(S(=O)(=O)c2cc(CCl)n(C)c2)CC1. The van der Waals surface area contributed by atoms with Crippen LogP contribution < -0.4 is 0 Å². The molecule has 0 bridgehead atoms. The molecule has 114 valence electrons. The third kappa shape index (κ3) is 3.03. The standard InChI is InChI=1S/C13H22ClN3O2S/c1-11(2)16-4-6-17(7-5-16)20(18,19)13-8-12(9-14)15(3)10-13/h8,10-11H,4-7,9H2,1-3H3. The topological polar surface area (TPSA) is 45.6 Å². The Labute approximate surface area is 126 Å². The Kier molecular flexibility index (Phi) is 4.79. The molecule has 20 heavy (non-hydrogen) atoms. The third-order valence-corrected chi connectivity index (χ3v) is 6.00. The number of nitrogens with zero attached hydrogens (tertiary/aromatic N) is 3. The van der Waals surface area contributed by atoms with Crippen molar-refractivity contribution in [1.82, 2.24) is 13.8 Å². The first-order chi connectivity index (χ1) is 9.36. The highest BCUT2D eigenvalue weighted by atomic mass is 35.5. The quantitative estimate of drug-likeness (QED) is 0.790. The molecule has 1 aliphatic heterocycles. The molecule has 7 heteroatoms. The first-order valence-corrected chi connectivity index (χ1v) is 8.79. The molecule has 1 aliphatic rings. The van der Waals surface area contributed by atoms with Gasteiger partial charge in [-0.15, -0.1) is 11.6 Å². The number of alkyl halides is 1. The molecule has 0 amide bonds. The minimum absolute atomic E-state index is 0.313. The van der Waals surface area contributed by atoms with Crippen molar-refractivity contribution >= 4 is 21.6 Å². The van der Waals surface area contributed by atoms with Crippen LogP contribution in [0.5, 0.6) is 0 Å². The molecule has 0 radical (unpaired) electrons. The first-order valence-electron chi connectivity index (χ1n) is 6.81. The summed E-state index contributed by atoms with van der Waals surface area (Å²) in [5.41, 5.74) is 0.811. The summed E-state index contributed by atoms with van der Waals surface area (Å²) in [6.45, 7) is 6.93. The number of aryl methyl sites for hydroxylation is 1. The smallest absolute Gasteiger partial charge is 0.244 e. The molecular weight excluding hydrogens is 298 g/mol. The van der Waals surface area contributed by atoms with Crippen LogP contribution in [-0.2, 0) is 23.0 Å². The van der Waals surface area contributed by atoms with Gasteiger partial charge in [-0.1, -0.05) is 0 Å². The summed E-state index contributed by atoms with van der Waals surface area (Å²) in [5.74, 6) is 0.313. The van der Waals surface area contributed by atoms with Crippen molar-refractivity contribution in [3.05, 3.63) is 18.0 Å². The van der Waals surface area contributed by atoms with Gasteiger partial charge in [0, 0.05) is 51.2 Å². The van der Waals surface area contributed by atoms with Crippen LogP contribution in [-0.4, -0.2) is 54.4 Å². The van der Waals surface area contributed by atoms with Crippen molar-refractivity contribution in [3.63, 3.8) is 0 Å². The predicted molar refractivity (Wildman–Crippen MR) is 80.4 cm³/mol. The van der Waals surface area contributed by atoms with E-state index in [1.54, 1.807) is 21.1 Å². The number of halogens is 1. The first kappa shape index (κ1) is 15.8. The summed E-state index contributed by atoms with van der Waals surface area (Å²) < 4.78 is 28.5. The van der Waals surface area contributed by atoms with Crippen LogP contribution in [0.15, 0.2) is 17.2 Å². The van der Waals surface area contributed by atoms with Gasteiger partial charge in [0.1, 0.15) is 4.90 Å². The van der Waals surface area contributed by atoms with Gasteiger partial charge in [0.25, 0.3) is 0 Å². The van der Waals surface area contributed by atoms with Crippen LogP contribution in [0.25, 0.3) is 0 Å². The number of aromatic nitrogens is 1. The highest BCUT2D eigenvalue weighted by molar-refractivity contribution is 7.89. The fourth-order valence-electron chi connectivity index (χ4n) is 2.46. The fraction of sp³-hybridized carbons (Fsp3) is 0.692. The minimum atomic E-state index is -3.40. The number of piperazine rings is 1. The van der Waals surface area contributed by atoms with E-state index in [1.165, 1.54) is 0 Å². The molecule has 0 unspecified atom stereocenters. The molecule has 2 heterocycles. The van der Waals surface area contributed by atoms with Crippen molar-refractivity contribution < 1.29 is 8.42 Å². The van der Waals surface area contributed by atoms with Crippen molar-refractivity contribution in [2.24, 2.45) is 7.05 Å². The van der Waals surface area contributed by atoms with Crippen LogP contribution in [0.2, 0.25) is 0 Å². The maximum Gasteiger partial charge on any atom is 0.244 e. The van der Waals surface area contributed by atoms with Gasteiger partial charge in [-0.2, -0.15) is 4.31 Å². The van der Waals surface area contributed by atoms with Crippen LogP contribution >= 0.6 is 11.6 Å². The highest BCUT2D eigenvalue weighted by Gasteiger charge is 2.30. The fourth-order valence-corrected chi connectivity index (χ4v) is 4.24. The minimum Gasteiger partial charge on any atom is -0.352 e. The van der Waals surface area contributed by atoms with Gasteiger partial charge in [-0.05, 0) is 19.9 Å². The molecular formula is C13H22ClN3O2S. The van der Waals surface area contributed by atoms with E-state index in [0.717, 1.165) is 18.8 Å². The summed E-state index contributed by atoms with van der Waals surface area (Å²) in [5, 5.41) is 0. The van der Waals surface area contributed by atoms with Crippen molar-refractivity contribution in [2.45, 2.75) is 30.7 Å². The molecule has 0 aromatic carbocycles. The molecule has 0 N–H and O–H groups in total. The number of hydrogen-bond donors (Lipinski definition) is 0. The summed E-state index contributed by atoms with van der Waals surface area (Å²) >= 11 is 5.80. The second kappa shape index (κ2) is 6.05. The molecule has 1 fully saturated rings. The maximum absolute atomic E-state index is 12.6. The molecule has 2 rings (SSSR count). The monoisotopic (exact) mass is 319 g/mol. The number of rotatable bonds is 4. The zero-order chi connectivity index (χ0) is 14.9. The largest absolute Gasteiger partial charge is 0.352 e. The lowest BCUT2D eigenvalue weighted by atomic mass is 10.3. The van der Waals surface area contributed by atoms with E-state index in [4.69, 9.17) is 11.6 Å². The summed E-state index contributed by atoms with van der Waals surface area (Å²) in [4.78, 5) is 2.63. The Morgan fingerprint density at radius 2 is 1.85 bits per heavy atom. The summed E-state index contributed by atoms with van der Waals surface area (Å²) in [6, 6.07) is 2.12. The zero-order valence-corrected chi connectivity index (χ0v) is 13.8. The maximum atomic E-state index is 12.6. The van der Waals surface area contributed by atoms with E-state index in [9.17, 15) is 8.42 Å². The lowest BCUT2D eigenvalue weighted by Gasteiger charge is -2.36. The van der Waals surface area contributed by atoms with Crippen LogP contribution in [0.1, 0.15) is 19.5 Å². The van der Waals surface area contributed by atoms with E-state index < -0.39 is 10.0 Å². The average Bonchev–Trinajstić information content (AvgIpc) is 2.80. The summed E-state index contributed by atoms with van der Waals surface area (Å²) in [6.07, 6.45) is 1.64. The normalized spacial score (nSPS) is 18.9. The lowest BCUT2D eigenvalue weighted by molar-refractivity contribution is 0.154. The zero-order valence-electron chi connectivity index (χ0n) is 12.2. The highest BCUT2D eigenvalue weighted by Crippen LogP contribution is 2.21. The van der Waals surface area contributed by atoms with Gasteiger partial charge in [0.15, 0.2) is 0 Å². The molecule has 0 atom stereocenters. The second-order valence-corrected chi connectivity index (χ2v) is 7.65. The van der Waals surface area contributed by atoms with Crippen LogP contribution in [0.4, 0.5) is 0 Å². The molecule has 0 saturated carbocycles. The molecule has 5 nitrogen and oxygen atoms in total.